The molecule has 2 aliphatic rings. The Morgan fingerprint density at radius 1 is 1.03 bits per heavy atom. The van der Waals surface area contributed by atoms with Crippen molar-refractivity contribution >= 4 is 45.1 Å². The van der Waals surface area contributed by atoms with Crippen molar-refractivity contribution in [2.45, 2.75) is 25.0 Å². The van der Waals surface area contributed by atoms with Crippen LogP contribution < -0.4 is 14.8 Å². The number of hydrogen-bond acceptors (Lipinski definition) is 4. The number of halogens is 2. The fourth-order valence-electron chi connectivity index (χ4n) is 5.48. The highest BCUT2D eigenvalue weighted by Crippen LogP contribution is 2.49. The summed E-state index contributed by atoms with van der Waals surface area (Å²) in [6, 6.07) is 29.0. The normalized spacial score (nSPS) is 19.4. The van der Waals surface area contributed by atoms with Crippen LogP contribution >= 0.6 is 27.5 Å². The van der Waals surface area contributed by atoms with Crippen LogP contribution in [0.2, 0.25) is 5.02 Å². The maximum atomic E-state index is 6.06. The van der Waals surface area contributed by atoms with Gasteiger partial charge in [-0.15, -0.1) is 0 Å². The van der Waals surface area contributed by atoms with Gasteiger partial charge in [0.15, 0.2) is 11.5 Å². The monoisotopic (exact) mass is 598 g/mol. The molecule has 1 aliphatic carbocycles. The third-order valence-electron chi connectivity index (χ3n) is 7.44. The first-order valence-corrected chi connectivity index (χ1v) is 14.2. The van der Waals surface area contributed by atoms with Gasteiger partial charge in [-0.25, -0.2) is 0 Å². The van der Waals surface area contributed by atoms with E-state index in [0.717, 1.165) is 27.7 Å². The smallest absolute Gasteiger partial charge is 0.175 e. The highest BCUT2D eigenvalue weighted by atomic mass is 79.9. The molecule has 0 spiro atoms. The van der Waals surface area contributed by atoms with Crippen LogP contribution in [-0.2, 0) is 6.61 Å². The molecule has 6 rings (SSSR count). The SMILES string of the molecule is COc1cc(C=Nc2ccc([C@@H]3Nc4ccccc4[C@@H]4C=CC[C@H]43)cc2)cc(Br)c1OCc1ccc(Cl)cc1. The Morgan fingerprint density at radius 2 is 1.82 bits per heavy atom. The summed E-state index contributed by atoms with van der Waals surface area (Å²) < 4.78 is 12.5. The van der Waals surface area contributed by atoms with E-state index in [9.17, 15) is 0 Å². The molecule has 0 amide bonds. The number of benzene rings is 4. The molecule has 1 aliphatic heterocycles. The Hall–Kier alpha value is -3.54. The van der Waals surface area contributed by atoms with Gasteiger partial charge in [0.1, 0.15) is 6.61 Å². The fraction of sp³-hybridized carbons (Fsp3) is 0.182. The summed E-state index contributed by atoms with van der Waals surface area (Å²) in [4.78, 5) is 4.73. The summed E-state index contributed by atoms with van der Waals surface area (Å²) in [6.07, 6.45) is 7.63. The molecule has 0 unspecified atom stereocenters. The van der Waals surface area contributed by atoms with E-state index < -0.39 is 0 Å². The molecule has 196 valence electrons. The highest BCUT2D eigenvalue weighted by Gasteiger charge is 2.37. The van der Waals surface area contributed by atoms with Gasteiger partial charge in [0, 0.05) is 22.8 Å². The van der Waals surface area contributed by atoms with Crippen LogP contribution in [0.1, 0.15) is 40.6 Å². The Kier molecular flexibility index (Phi) is 7.45. The van der Waals surface area contributed by atoms with Gasteiger partial charge in [0.2, 0.25) is 0 Å². The third kappa shape index (κ3) is 5.47. The summed E-state index contributed by atoms with van der Waals surface area (Å²) >= 11 is 9.62. The van der Waals surface area contributed by atoms with Crippen LogP contribution in [0.25, 0.3) is 0 Å². The number of ether oxygens (including phenoxy) is 2. The van der Waals surface area contributed by atoms with Crippen molar-refractivity contribution in [3.63, 3.8) is 0 Å². The summed E-state index contributed by atoms with van der Waals surface area (Å²) in [6.45, 7) is 0.408. The molecule has 0 fully saturated rings. The minimum atomic E-state index is 0.276. The van der Waals surface area contributed by atoms with E-state index in [0.29, 0.717) is 35.0 Å². The first kappa shape index (κ1) is 25.7. The van der Waals surface area contributed by atoms with Crippen molar-refractivity contribution in [2.75, 3.05) is 12.4 Å². The summed E-state index contributed by atoms with van der Waals surface area (Å²) in [5.41, 5.74) is 6.75. The predicted molar refractivity (Wildman–Crippen MR) is 163 cm³/mol. The zero-order valence-corrected chi connectivity index (χ0v) is 23.8. The van der Waals surface area contributed by atoms with Gasteiger partial charge in [-0.2, -0.15) is 0 Å². The van der Waals surface area contributed by atoms with Crippen molar-refractivity contribution in [1.82, 2.24) is 0 Å². The van der Waals surface area contributed by atoms with Crippen LogP contribution in [0.3, 0.4) is 0 Å². The lowest BCUT2D eigenvalue weighted by Crippen LogP contribution is -2.28. The average Bonchev–Trinajstić information content (AvgIpc) is 3.46. The number of allylic oxidation sites excluding steroid dienone is 2. The first-order valence-electron chi connectivity index (χ1n) is 13.0. The minimum Gasteiger partial charge on any atom is -0.493 e. The molecule has 3 atom stereocenters. The molecule has 6 heteroatoms. The molecule has 0 aromatic heterocycles. The molecule has 0 saturated heterocycles. The van der Waals surface area contributed by atoms with E-state index in [1.54, 1.807) is 7.11 Å². The number of anilines is 1. The van der Waals surface area contributed by atoms with Gasteiger partial charge in [0.05, 0.1) is 23.3 Å². The number of nitrogens with zero attached hydrogens (tertiary/aromatic N) is 1. The maximum Gasteiger partial charge on any atom is 0.175 e. The summed E-state index contributed by atoms with van der Waals surface area (Å²) in [5.74, 6) is 2.28. The molecule has 39 heavy (non-hydrogen) atoms. The van der Waals surface area contributed by atoms with Crippen LogP contribution in [0, 0.1) is 5.92 Å². The third-order valence-corrected chi connectivity index (χ3v) is 8.28. The lowest BCUT2D eigenvalue weighted by atomic mass is 9.77. The van der Waals surface area contributed by atoms with Crippen LogP contribution in [0.4, 0.5) is 11.4 Å². The molecule has 4 aromatic carbocycles. The quantitative estimate of drug-likeness (QED) is 0.170. The van der Waals surface area contributed by atoms with Gasteiger partial charge in [-0.1, -0.05) is 66.2 Å². The largest absolute Gasteiger partial charge is 0.493 e. The van der Waals surface area contributed by atoms with Crippen molar-refractivity contribution < 1.29 is 9.47 Å². The number of hydrogen-bond donors (Lipinski definition) is 1. The lowest BCUT2D eigenvalue weighted by Gasteiger charge is -2.37. The molecule has 0 bridgehead atoms. The van der Waals surface area contributed by atoms with Crippen LogP contribution in [-0.4, -0.2) is 13.3 Å². The molecule has 4 aromatic rings. The van der Waals surface area contributed by atoms with E-state index in [1.165, 1.54) is 16.8 Å². The number of aliphatic imine (C=N–C) groups is 1. The number of rotatable bonds is 7. The Balaban J connectivity index is 1.16. The number of nitrogens with one attached hydrogen (secondary N) is 1. The predicted octanol–water partition coefficient (Wildman–Crippen LogP) is 9.27. The molecule has 0 saturated carbocycles. The Bertz CT molecular complexity index is 1530. The number of para-hydroxylation sites is 1. The van der Waals surface area contributed by atoms with E-state index in [1.807, 2.05) is 42.6 Å². The van der Waals surface area contributed by atoms with Gasteiger partial charge < -0.3 is 14.8 Å². The van der Waals surface area contributed by atoms with E-state index in [2.05, 4.69) is 81.9 Å². The number of fused-ring (bicyclic) bond motifs is 3. The van der Waals surface area contributed by atoms with Crippen LogP contribution in [0.15, 0.2) is 107 Å². The molecule has 1 heterocycles. The van der Waals surface area contributed by atoms with Crippen molar-refractivity contribution in [2.24, 2.45) is 10.9 Å². The molecular weight excluding hydrogens is 572 g/mol. The second kappa shape index (κ2) is 11.3. The Morgan fingerprint density at radius 3 is 2.62 bits per heavy atom. The van der Waals surface area contributed by atoms with Crippen molar-refractivity contribution in [1.29, 1.82) is 0 Å². The standard InChI is InChI=1S/C33H28BrClN2O2/c1-38-31-18-22(17-29(34)33(31)39-20-21-9-13-24(35)14-10-21)19-36-25-15-11-23(12-16-25)32-28-7-4-6-26(28)27-5-2-3-8-30(27)37-32/h2-6,8-19,26,28,32,37H,7,20H2,1H3/t26-,28+,32-/m0/s1. The fourth-order valence-corrected chi connectivity index (χ4v) is 6.18. The first-order chi connectivity index (χ1) is 19.1. The van der Waals surface area contributed by atoms with Gasteiger partial charge in [-0.05, 0) is 93.0 Å². The Labute approximate surface area is 242 Å². The van der Waals surface area contributed by atoms with E-state index in [4.69, 9.17) is 26.1 Å². The lowest BCUT2D eigenvalue weighted by molar-refractivity contribution is 0.282. The van der Waals surface area contributed by atoms with Gasteiger partial charge in [-0.3, -0.25) is 4.99 Å². The van der Waals surface area contributed by atoms with E-state index in [-0.39, 0.29) is 6.04 Å². The second-order valence-electron chi connectivity index (χ2n) is 9.86. The average molecular weight is 600 g/mol. The minimum absolute atomic E-state index is 0.276. The van der Waals surface area contributed by atoms with Crippen molar-refractivity contribution in [3.8, 4) is 11.5 Å². The zero-order chi connectivity index (χ0) is 26.8. The summed E-state index contributed by atoms with van der Waals surface area (Å²) in [5, 5.41) is 4.49. The van der Waals surface area contributed by atoms with Crippen molar-refractivity contribution in [3.05, 3.63) is 129 Å². The number of methoxy groups -OCH3 is 1. The molecule has 0 radical (unpaired) electrons. The van der Waals surface area contributed by atoms with Gasteiger partial charge >= 0.3 is 0 Å². The van der Waals surface area contributed by atoms with E-state index >= 15 is 0 Å². The maximum absolute atomic E-state index is 6.06. The highest BCUT2D eigenvalue weighted by molar-refractivity contribution is 9.10. The summed E-state index contributed by atoms with van der Waals surface area (Å²) in [7, 11) is 1.64. The van der Waals surface area contributed by atoms with Gasteiger partial charge in [0.25, 0.3) is 0 Å². The zero-order valence-electron chi connectivity index (χ0n) is 21.5. The second-order valence-corrected chi connectivity index (χ2v) is 11.2. The molecule has 4 nitrogen and oxygen atoms in total. The van der Waals surface area contributed by atoms with Crippen LogP contribution in [0.5, 0.6) is 11.5 Å². The molecular formula is C33H28BrClN2O2. The molecule has 1 N–H and O–H groups in total. The topological polar surface area (TPSA) is 42.8 Å².